The van der Waals surface area contributed by atoms with Gasteiger partial charge in [0.25, 0.3) is 5.91 Å². The van der Waals surface area contributed by atoms with E-state index in [2.05, 4.69) is 44.5 Å². The minimum atomic E-state index is -0.599. The van der Waals surface area contributed by atoms with Gasteiger partial charge in [-0.05, 0) is 30.4 Å². The van der Waals surface area contributed by atoms with Gasteiger partial charge in [-0.25, -0.2) is 15.4 Å². The van der Waals surface area contributed by atoms with E-state index in [0.717, 1.165) is 26.1 Å². The third-order valence-electron chi connectivity index (χ3n) is 5.12. The van der Waals surface area contributed by atoms with Crippen LogP contribution in [0.15, 0.2) is 42.7 Å². The Morgan fingerprint density at radius 2 is 1.84 bits per heavy atom. The SMILES string of the molecule is O=C(NO)c1cnc(N2C[C@@H]3C(NCCc4ccccc4)[C@@H]3C2)nc1. The number of benzene rings is 1. The van der Waals surface area contributed by atoms with Gasteiger partial charge in [0, 0.05) is 31.5 Å². The molecule has 7 heteroatoms. The highest BCUT2D eigenvalue weighted by molar-refractivity contribution is 5.92. The maximum atomic E-state index is 11.3. The number of fused-ring (bicyclic) bond motifs is 1. The first-order chi connectivity index (χ1) is 12.3. The molecule has 3 atom stereocenters. The molecule has 1 aromatic carbocycles. The average molecular weight is 339 g/mol. The molecule has 1 aliphatic carbocycles. The minimum Gasteiger partial charge on any atom is -0.340 e. The first-order valence-corrected chi connectivity index (χ1v) is 8.55. The van der Waals surface area contributed by atoms with E-state index in [9.17, 15) is 4.79 Å². The standard InChI is InChI=1S/C18H21N5O2/c24-17(22-25)13-8-20-18(21-9-13)23-10-14-15(11-23)16(14)19-7-6-12-4-2-1-3-5-12/h1-5,8-9,14-16,19,25H,6-7,10-11H2,(H,22,24)/t14-,15+,16?. The second-order valence-electron chi connectivity index (χ2n) is 6.66. The van der Waals surface area contributed by atoms with Crippen molar-refractivity contribution in [3.8, 4) is 0 Å². The largest absolute Gasteiger partial charge is 0.340 e. The second kappa shape index (κ2) is 6.78. The zero-order valence-electron chi connectivity index (χ0n) is 13.8. The lowest BCUT2D eigenvalue weighted by Crippen LogP contribution is -2.33. The van der Waals surface area contributed by atoms with Gasteiger partial charge in [0.1, 0.15) is 0 Å². The van der Waals surface area contributed by atoms with E-state index in [1.807, 2.05) is 6.07 Å². The molecule has 25 heavy (non-hydrogen) atoms. The molecule has 7 nitrogen and oxygen atoms in total. The van der Waals surface area contributed by atoms with Gasteiger partial charge in [0.15, 0.2) is 0 Å². The van der Waals surface area contributed by atoms with E-state index in [-0.39, 0.29) is 5.56 Å². The molecule has 1 unspecified atom stereocenters. The molecule has 3 N–H and O–H groups in total. The van der Waals surface area contributed by atoms with Gasteiger partial charge in [-0.3, -0.25) is 10.0 Å². The lowest BCUT2D eigenvalue weighted by atomic mass is 10.1. The summed E-state index contributed by atoms with van der Waals surface area (Å²) in [6.45, 7) is 2.89. The molecule has 1 aromatic heterocycles. The summed E-state index contributed by atoms with van der Waals surface area (Å²) in [7, 11) is 0. The summed E-state index contributed by atoms with van der Waals surface area (Å²) in [6.07, 6.45) is 3.93. The van der Waals surface area contributed by atoms with E-state index in [4.69, 9.17) is 5.21 Å². The number of aromatic nitrogens is 2. The molecule has 130 valence electrons. The molecule has 0 radical (unpaired) electrons. The van der Waals surface area contributed by atoms with Crippen LogP contribution in [0, 0.1) is 11.8 Å². The normalized spacial score (nSPS) is 24.0. The van der Waals surface area contributed by atoms with E-state index < -0.39 is 5.91 Å². The summed E-state index contributed by atoms with van der Waals surface area (Å²) in [6, 6.07) is 11.1. The lowest BCUT2D eigenvalue weighted by molar-refractivity contribution is 0.0705. The maximum absolute atomic E-state index is 11.3. The second-order valence-corrected chi connectivity index (χ2v) is 6.66. The van der Waals surface area contributed by atoms with Gasteiger partial charge >= 0.3 is 0 Å². The van der Waals surface area contributed by atoms with Crippen LogP contribution < -0.4 is 15.7 Å². The highest BCUT2D eigenvalue weighted by Gasteiger charge is 2.55. The summed E-state index contributed by atoms with van der Waals surface area (Å²) in [5.74, 6) is 1.35. The van der Waals surface area contributed by atoms with Crippen LogP contribution in [0.25, 0.3) is 0 Å². The molecule has 2 fully saturated rings. The topological polar surface area (TPSA) is 90.4 Å². The molecule has 0 bridgehead atoms. The summed E-state index contributed by atoms with van der Waals surface area (Å²) >= 11 is 0. The van der Waals surface area contributed by atoms with Gasteiger partial charge in [-0.1, -0.05) is 30.3 Å². The predicted octanol–water partition coefficient (Wildman–Crippen LogP) is 0.863. The smallest absolute Gasteiger partial charge is 0.277 e. The van der Waals surface area contributed by atoms with E-state index in [1.165, 1.54) is 18.0 Å². The Balaban J connectivity index is 1.24. The molecular weight excluding hydrogens is 318 g/mol. The van der Waals surface area contributed by atoms with Crippen molar-refractivity contribution in [3.05, 3.63) is 53.9 Å². The summed E-state index contributed by atoms with van der Waals surface area (Å²) < 4.78 is 0. The maximum Gasteiger partial charge on any atom is 0.277 e. The summed E-state index contributed by atoms with van der Waals surface area (Å²) in [4.78, 5) is 21.9. The molecule has 0 spiro atoms. The number of nitrogens with one attached hydrogen (secondary N) is 2. The Labute approximate surface area is 146 Å². The fraction of sp³-hybridized carbons (Fsp3) is 0.389. The molecule has 1 amide bonds. The molecule has 4 rings (SSSR count). The third kappa shape index (κ3) is 3.33. The molecule has 2 heterocycles. The van der Waals surface area contributed by atoms with Gasteiger partial charge in [-0.15, -0.1) is 0 Å². The van der Waals surface area contributed by atoms with Crippen LogP contribution in [0.5, 0.6) is 0 Å². The number of carbonyl (C=O) groups is 1. The Kier molecular flexibility index (Phi) is 4.33. The van der Waals surface area contributed by atoms with Gasteiger partial charge in [-0.2, -0.15) is 0 Å². The Morgan fingerprint density at radius 3 is 2.48 bits per heavy atom. The van der Waals surface area contributed by atoms with Crippen molar-refractivity contribution in [2.45, 2.75) is 12.5 Å². The Morgan fingerprint density at radius 1 is 1.16 bits per heavy atom. The number of piperidine rings is 1. The molecular formula is C18H21N5O2. The van der Waals surface area contributed by atoms with Crippen LogP contribution >= 0.6 is 0 Å². The van der Waals surface area contributed by atoms with E-state index in [1.54, 1.807) is 5.48 Å². The lowest BCUT2D eigenvalue weighted by Gasteiger charge is -2.20. The Hall–Kier alpha value is -2.51. The van der Waals surface area contributed by atoms with Crippen molar-refractivity contribution >= 4 is 11.9 Å². The van der Waals surface area contributed by atoms with Crippen LogP contribution in [0.3, 0.4) is 0 Å². The van der Waals surface area contributed by atoms with Crippen molar-refractivity contribution in [2.75, 3.05) is 24.5 Å². The van der Waals surface area contributed by atoms with Crippen molar-refractivity contribution in [3.63, 3.8) is 0 Å². The zero-order chi connectivity index (χ0) is 17.2. The van der Waals surface area contributed by atoms with Crippen molar-refractivity contribution in [1.29, 1.82) is 0 Å². The number of amides is 1. The van der Waals surface area contributed by atoms with Crippen LogP contribution in [-0.4, -0.2) is 46.8 Å². The van der Waals surface area contributed by atoms with Crippen LogP contribution in [0.1, 0.15) is 15.9 Å². The van der Waals surface area contributed by atoms with Crippen LogP contribution in [0.4, 0.5) is 5.95 Å². The van der Waals surface area contributed by atoms with Crippen LogP contribution in [-0.2, 0) is 6.42 Å². The number of anilines is 1. The fourth-order valence-corrected chi connectivity index (χ4v) is 3.69. The highest BCUT2D eigenvalue weighted by atomic mass is 16.5. The fourth-order valence-electron chi connectivity index (χ4n) is 3.69. The first-order valence-electron chi connectivity index (χ1n) is 8.55. The highest BCUT2D eigenvalue weighted by Crippen LogP contribution is 2.46. The molecule has 1 aliphatic heterocycles. The Bertz CT molecular complexity index is 725. The van der Waals surface area contributed by atoms with Crippen molar-refractivity contribution in [2.24, 2.45) is 11.8 Å². The average Bonchev–Trinajstić information content (AvgIpc) is 3.11. The van der Waals surface area contributed by atoms with Crippen LogP contribution in [0.2, 0.25) is 0 Å². The number of hydroxylamine groups is 1. The number of hydrogen-bond donors (Lipinski definition) is 3. The number of rotatable bonds is 6. The van der Waals surface area contributed by atoms with Crippen molar-refractivity contribution in [1.82, 2.24) is 20.8 Å². The monoisotopic (exact) mass is 339 g/mol. The number of carbonyl (C=O) groups excluding carboxylic acids is 1. The molecule has 1 saturated carbocycles. The van der Waals surface area contributed by atoms with Gasteiger partial charge < -0.3 is 10.2 Å². The summed E-state index contributed by atoms with van der Waals surface area (Å²) in [5.41, 5.74) is 3.19. The zero-order valence-corrected chi connectivity index (χ0v) is 13.8. The molecule has 2 aliphatic rings. The number of hydrogen-bond acceptors (Lipinski definition) is 6. The minimum absolute atomic E-state index is 0.246. The van der Waals surface area contributed by atoms with E-state index >= 15 is 0 Å². The first kappa shape index (κ1) is 16.0. The predicted molar refractivity (Wildman–Crippen MR) is 92.4 cm³/mol. The third-order valence-corrected chi connectivity index (χ3v) is 5.12. The quantitative estimate of drug-likeness (QED) is 0.534. The van der Waals surface area contributed by atoms with Crippen molar-refractivity contribution < 1.29 is 10.0 Å². The van der Waals surface area contributed by atoms with E-state index in [0.29, 0.717) is 23.8 Å². The molecule has 2 aromatic rings. The number of nitrogens with zero attached hydrogens (tertiary/aromatic N) is 3. The molecule has 1 saturated heterocycles. The van der Waals surface area contributed by atoms with Gasteiger partial charge in [0.05, 0.1) is 5.56 Å². The summed E-state index contributed by atoms with van der Waals surface area (Å²) in [5, 5.41) is 12.3. The van der Waals surface area contributed by atoms with Gasteiger partial charge in [0.2, 0.25) is 5.95 Å².